The predicted molar refractivity (Wildman–Crippen MR) is 144 cm³/mol. The molecule has 180 valence electrons. The lowest BCUT2D eigenvalue weighted by Crippen LogP contribution is -2.36. The van der Waals surface area contributed by atoms with E-state index in [1.54, 1.807) is 0 Å². The Balaban J connectivity index is 1.32. The zero-order valence-corrected chi connectivity index (χ0v) is 20.5. The minimum Gasteiger partial charge on any atom is -0.346 e. The van der Waals surface area contributed by atoms with Crippen LogP contribution in [0.5, 0.6) is 0 Å². The highest BCUT2D eigenvalue weighted by molar-refractivity contribution is 5.96. The van der Waals surface area contributed by atoms with Crippen LogP contribution in [-0.2, 0) is 0 Å². The Bertz CT molecular complexity index is 1480. The van der Waals surface area contributed by atoms with Crippen LogP contribution in [0.15, 0.2) is 72.8 Å². The number of hydrazine groups is 2. The van der Waals surface area contributed by atoms with E-state index >= 15 is 0 Å². The second kappa shape index (κ2) is 9.15. The molecule has 7 heteroatoms. The molecule has 1 fully saturated rings. The van der Waals surface area contributed by atoms with Crippen molar-refractivity contribution in [3.63, 3.8) is 0 Å². The van der Waals surface area contributed by atoms with Crippen LogP contribution in [0.4, 0.5) is 5.69 Å². The van der Waals surface area contributed by atoms with E-state index in [0.717, 1.165) is 76.2 Å². The van der Waals surface area contributed by atoms with Gasteiger partial charge in [0.2, 0.25) is 0 Å². The van der Waals surface area contributed by atoms with Crippen LogP contribution in [0, 0.1) is 11.3 Å². The molecule has 0 bridgehead atoms. The maximum atomic E-state index is 9.92. The molecule has 0 unspecified atom stereocenters. The van der Waals surface area contributed by atoms with Gasteiger partial charge in [-0.25, -0.2) is 4.98 Å². The SMILES string of the molecule is CC1=CNNN1c1ccc(-c2c[nH]c3ncc(-c4ccc(C5CCN(C)CC5)c(C#N)c4)cc23)cc1. The first-order chi connectivity index (χ1) is 17.6. The molecule has 0 aliphatic carbocycles. The van der Waals surface area contributed by atoms with E-state index in [9.17, 15) is 5.26 Å². The second-order valence-corrected chi connectivity index (χ2v) is 9.74. The average molecular weight is 476 g/mol. The number of aromatic nitrogens is 2. The summed E-state index contributed by atoms with van der Waals surface area (Å²) in [5.74, 6) is 0.454. The van der Waals surface area contributed by atoms with E-state index < -0.39 is 0 Å². The lowest BCUT2D eigenvalue weighted by atomic mass is 9.85. The number of likely N-dealkylation sites (tertiary alicyclic amines) is 1. The van der Waals surface area contributed by atoms with Crippen LogP contribution in [0.3, 0.4) is 0 Å². The highest BCUT2D eigenvalue weighted by Gasteiger charge is 2.21. The van der Waals surface area contributed by atoms with Crippen molar-refractivity contribution in [3.8, 4) is 28.3 Å². The quantitative estimate of drug-likeness (QED) is 0.373. The molecule has 36 heavy (non-hydrogen) atoms. The van der Waals surface area contributed by atoms with Crippen molar-refractivity contribution in [1.82, 2.24) is 25.8 Å². The first-order valence-electron chi connectivity index (χ1n) is 12.4. The maximum Gasteiger partial charge on any atom is 0.137 e. The molecular weight excluding hydrogens is 446 g/mol. The minimum atomic E-state index is 0.454. The fourth-order valence-electron chi connectivity index (χ4n) is 5.32. The van der Waals surface area contributed by atoms with E-state index in [1.165, 1.54) is 5.56 Å². The molecular formula is C29H29N7. The van der Waals surface area contributed by atoms with Gasteiger partial charge in [0, 0.05) is 35.1 Å². The number of pyridine rings is 1. The zero-order chi connectivity index (χ0) is 24.6. The highest BCUT2D eigenvalue weighted by Crippen LogP contribution is 2.35. The summed E-state index contributed by atoms with van der Waals surface area (Å²) in [5, 5.41) is 13.0. The smallest absolute Gasteiger partial charge is 0.137 e. The van der Waals surface area contributed by atoms with Crippen molar-refractivity contribution in [3.05, 3.63) is 83.9 Å². The predicted octanol–water partition coefficient (Wildman–Crippen LogP) is 5.27. The fourth-order valence-corrected chi connectivity index (χ4v) is 5.32. The number of nitrogens with one attached hydrogen (secondary N) is 3. The molecule has 4 aromatic rings. The number of aromatic amines is 1. The number of hydrogen-bond donors (Lipinski definition) is 3. The van der Waals surface area contributed by atoms with Gasteiger partial charge in [-0.05, 0) is 86.8 Å². The summed E-state index contributed by atoms with van der Waals surface area (Å²) in [7, 11) is 2.16. The third kappa shape index (κ3) is 4.01. The normalized spacial score (nSPS) is 16.7. The summed E-state index contributed by atoms with van der Waals surface area (Å²) in [6.07, 6.45) is 8.03. The van der Waals surface area contributed by atoms with Gasteiger partial charge in [-0.2, -0.15) is 5.26 Å². The van der Waals surface area contributed by atoms with Crippen LogP contribution >= 0.6 is 0 Å². The number of benzene rings is 2. The lowest BCUT2D eigenvalue weighted by Gasteiger charge is -2.29. The largest absolute Gasteiger partial charge is 0.346 e. The fraction of sp³-hybridized carbons (Fsp3) is 0.241. The van der Waals surface area contributed by atoms with Crippen molar-refractivity contribution in [2.75, 3.05) is 25.1 Å². The summed E-state index contributed by atoms with van der Waals surface area (Å²) in [4.78, 5) is 10.4. The van der Waals surface area contributed by atoms with Crippen LogP contribution in [0.2, 0.25) is 0 Å². The molecule has 0 radical (unpaired) electrons. The summed E-state index contributed by atoms with van der Waals surface area (Å²) in [6, 6.07) is 19.4. The number of anilines is 1. The summed E-state index contributed by atoms with van der Waals surface area (Å²) < 4.78 is 0. The molecule has 3 N–H and O–H groups in total. The Morgan fingerprint density at radius 3 is 2.50 bits per heavy atom. The Kier molecular flexibility index (Phi) is 5.68. The third-order valence-electron chi connectivity index (χ3n) is 7.44. The molecule has 2 aromatic heterocycles. The monoisotopic (exact) mass is 475 g/mol. The van der Waals surface area contributed by atoms with Gasteiger partial charge in [0.15, 0.2) is 0 Å². The van der Waals surface area contributed by atoms with Gasteiger partial charge in [0.1, 0.15) is 5.65 Å². The molecule has 7 nitrogen and oxygen atoms in total. The van der Waals surface area contributed by atoms with Crippen molar-refractivity contribution in [2.45, 2.75) is 25.7 Å². The lowest BCUT2D eigenvalue weighted by molar-refractivity contribution is 0.255. The number of allylic oxidation sites excluding steroid dienone is 1. The van der Waals surface area contributed by atoms with Crippen LogP contribution < -0.4 is 16.0 Å². The van der Waals surface area contributed by atoms with Crippen LogP contribution in [-0.4, -0.2) is 35.0 Å². The number of rotatable bonds is 4. The Morgan fingerprint density at radius 1 is 1.00 bits per heavy atom. The van der Waals surface area contributed by atoms with E-state index in [1.807, 2.05) is 36.6 Å². The number of piperidine rings is 1. The Morgan fingerprint density at radius 2 is 1.78 bits per heavy atom. The molecule has 2 aliphatic rings. The van der Waals surface area contributed by atoms with Gasteiger partial charge < -0.3 is 15.3 Å². The topological polar surface area (TPSA) is 83.0 Å². The first-order valence-corrected chi connectivity index (χ1v) is 12.4. The Hall–Kier alpha value is -4.12. The molecule has 0 saturated carbocycles. The van der Waals surface area contributed by atoms with Gasteiger partial charge in [-0.3, -0.25) is 5.01 Å². The van der Waals surface area contributed by atoms with Gasteiger partial charge >= 0.3 is 0 Å². The molecule has 2 aliphatic heterocycles. The van der Waals surface area contributed by atoms with Gasteiger partial charge in [-0.1, -0.05) is 24.3 Å². The number of hydrogen-bond acceptors (Lipinski definition) is 6. The van der Waals surface area contributed by atoms with Crippen molar-refractivity contribution >= 4 is 16.7 Å². The first kappa shape index (κ1) is 22.4. The van der Waals surface area contributed by atoms with E-state index in [0.29, 0.717) is 5.92 Å². The van der Waals surface area contributed by atoms with Crippen molar-refractivity contribution < 1.29 is 0 Å². The molecule has 0 atom stereocenters. The summed E-state index contributed by atoms with van der Waals surface area (Å²) in [6.45, 7) is 4.21. The molecule has 1 saturated heterocycles. The van der Waals surface area contributed by atoms with Gasteiger partial charge in [0.25, 0.3) is 0 Å². The molecule has 2 aromatic carbocycles. The van der Waals surface area contributed by atoms with E-state index in [4.69, 9.17) is 4.98 Å². The third-order valence-corrected chi connectivity index (χ3v) is 7.44. The van der Waals surface area contributed by atoms with Gasteiger partial charge in [-0.15, -0.1) is 5.53 Å². The standard InChI is InChI=1S/C29H29N7/c1-19-16-33-34-36(19)25-6-3-20(4-7-25)28-18-32-29-27(28)14-24(17-31-29)22-5-8-26(23(13-22)15-30)21-9-11-35(2)12-10-21/h3-8,13-14,16-18,21,33-34H,9-12H2,1-2H3,(H,31,32). The second-order valence-electron chi connectivity index (χ2n) is 9.74. The number of nitrogens with zero attached hydrogens (tertiary/aromatic N) is 4. The molecule has 6 rings (SSSR count). The highest BCUT2D eigenvalue weighted by atomic mass is 15.7. The zero-order valence-electron chi connectivity index (χ0n) is 20.5. The van der Waals surface area contributed by atoms with Gasteiger partial charge in [0.05, 0.1) is 23.0 Å². The van der Waals surface area contributed by atoms with Crippen molar-refractivity contribution in [2.24, 2.45) is 0 Å². The number of fused-ring (bicyclic) bond motifs is 1. The number of H-pyrrole nitrogens is 1. The maximum absolute atomic E-state index is 9.92. The number of nitriles is 1. The summed E-state index contributed by atoms with van der Waals surface area (Å²) >= 11 is 0. The minimum absolute atomic E-state index is 0.454. The average Bonchev–Trinajstić information content (AvgIpc) is 3.54. The summed E-state index contributed by atoms with van der Waals surface area (Å²) in [5.41, 5.74) is 15.4. The van der Waals surface area contributed by atoms with E-state index in [2.05, 4.69) is 76.4 Å². The van der Waals surface area contributed by atoms with Crippen LogP contribution in [0.1, 0.15) is 36.8 Å². The Labute approximate surface area is 211 Å². The molecule has 0 amide bonds. The van der Waals surface area contributed by atoms with Crippen LogP contribution in [0.25, 0.3) is 33.3 Å². The van der Waals surface area contributed by atoms with Crippen molar-refractivity contribution in [1.29, 1.82) is 5.26 Å². The van der Waals surface area contributed by atoms with E-state index in [-0.39, 0.29) is 0 Å². The molecule has 0 spiro atoms. The molecule has 4 heterocycles.